The standard InChI is InChI=1S/C19H27NO/c1-5-11-20-19(17-10-12-21-14(17)4)18-13-15(6-2)8-9-16(18)7-3/h8-10,12-13,19-20H,5-7,11H2,1-4H3. The minimum atomic E-state index is 0.227. The summed E-state index contributed by atoms with van der Waals surface area (Å²) in [5, 5.41) is 3.69. The maximum atomic E-state index is 5.54. The van der Waals surface area contributed by atoms with Crippen LogP contribution in [0.1, 0.15) is 61.2 Å². The van der Waals surface area contributed by atoms with Crippen LogP contribution in [0.2, 0.25) is 0 Å². The van der Waals surface area contributed by atoms with Crippen molar-refractivity contribution >= 4 is 0 Å². The van der Waals surface area contributed by atoms with Crippen molar-refractivity contribution in [3.8, 4) is 0 Å². The first-order valence-corrected chi connectivity index (χ1v) is 8.10. The van der Waals surface area contributed by atoms with Crippen LogP contribution in [0.25, 0.3) is 0 Å². The lowest BCUT2D eigenvalue weighted by Crippen LogP contribution is -2.24. The van der Waals surface area contributed by atoms with E-state index in [0.717, 1.165) is 31.6 Å². The summed E-state index contributed by atoms with van der Waals surface area (Å²) >= 11 is 0. The van der Waals surface area contributed by atoms with Gasteiger partial charge in [-0.2, -0.15) is 0 Å². The second-order valence-corrected chi connectivity index (χ2v) is 5.56. The Morgan fingerprint density at radius 1 is 1.05 bits per heavy atom. The Morgan fingerprint density at radius 3 is 2.43 bits per heavy atom. The monoisotopic (exact) mass is 285 g/mol. The van der Waals surface area contributed by atoms with Gasteiger partial charge in [0, 0.05) is 5.56 Å². The summed E-state index contributed by atoms with van der Waals surface area (Å²) in [6, 6.07) is 9.22. The summed E-state index contributed by atoms with van der Waals surface area (Å²) in [6.07, 6.45) is 5.05. The van der Waals surface area contributed by atoms with Gasteiger partial charge in [-0.25, -0.2) is 0 Å². The summed E-state index contributed by atoms with van der Waals surface area (Å²) in [7, 11) is 0. The molecule has 114 valence electrons. The van der Waals surface area contributed by atoms with Crippen LogP contribution in [0.3, 0.4) is 0 Å². The summed E-state index contributed by atoms with van der Waals surface area (Å²) in [4.78, 5) is 0. The van der Waals surface area contributed by atoms with Gasteiger partial charge in [0.1, 0.15) is 5.76 Å². The van der Waals surface area contributed by atoms with Crippen LogP contribution in [0.4, 0.5) is 0 Å². The van der Waals surface area contributed by atoms with E-state index in [1.165, 1.54) is 22.3 Å². The molecule has 2 aromatic rings. The van der Waals surface area contributed by atoms with E-state index in [1.54, 1.807) is 6.26 Å². The number of aryl methyl sites for hydroxylation is 3. The van der Waals surface area contributed by atoms with Gasteiger partial charge in [-0.3, -0.25) is 0 Å². The van der Waals surface area contributed by atoms with E-state index in [-0.39, 0.29) is 6.04 Å². The number of benzene rings is 1. The Balaban J connectivity index is 2.47. The molecule has 0 spiro atoms. The van der Waals surface area contributed by atoms with Crippen molar-refractivity contribution in [3.05, 3.63) is 58.5 Å². The van der Waals surface area contributed by atoms with Gasteiger partial charge in [0.25, 0.3) is 0 Å². The zero-order valence-corrected chi connectivity index (χ0v) is 13.7. The molecule has 1 aromatic heterocycles. The summed E-state index contributed by atoms with van der Waals surface area (Å²) in [6.45, 7) is 9.70. The van der Waals surface area contributed by atoms with Crippen LogP contribution in [0, 0.1) is 6.92 Å². The molecule has 1 aromatic carbocycles. The molecule has 21 heavy (non-hydrogen) atoms. The highest BCUT2D eigenvalue weighted by atomic mass is 16.3. The average Bonchev–Trinajstić information content (AvgIpc) is 2.93. The zero-order valence-electron chi connectivity index (χ0n) is 13.7. The molecule has 1 N–H and O–H groups in total. The molecular weight excluding hydrogens is 258 g/mol. The molecule has 0 radical (unpaired) electrons. The molecular formula is C19H27NO. The quantitative estimate of drug-likeness (QED) is 0.790. The molecule has 1 atom stereocenters. The Labute approximate surface area is 128 Å². The van der Waals surface area contributed by atoms with Crippen LogP contribution >= 0.6 is 0 Å². The minimum absolute atomic E-state index is 0.227. The molecule has 2 nitrogen and oxygen atoms in total. The highest BCUT2D eigenvalue weighted by Gasteiger charge is 2.20. The van der Waals surface area contributed by atoms with E-state index >= 15 is 0 Å². The molecule has 0 amide bonds. The van der Waals surface area contributed by atoms with Crippen molar-refractivity contribution in [2.24, 2.45) is 0 Å². The molecule has 1 heterocycles. The molecule has 0 fully saturated rings. The lowest BCUT2D eigenvalue weighted by molar-refractivity contribution is 0.516. The van der Waals surface area contributed by atoms with Crippen molar-refractivity contribution in [3.63, 3.8) is 0 Å². The lowest BCUT2D eigenvalue weighted by atomic mass is 9.91. The number of rotatable bonds is 7. The van der Waals surface area contributed by atoms with Crippen molar-refractivity contribution in [2.75, 3.05) is 6.54 Å². The first-order chi connectivity index (χ1) is 10.2. The van der Waals surface area contributed by atoms with Crippen molar-refractivity contribution in [2.45, 2.75) is 53.0 Å². The second-order valence-electron chi connectivity index (χ2n) is 5.56. The Kier molecular flexibility index (Phi) is 5.63. The molecule has 1 unspecified atom stereocenters. The minimum Gasteiger partial charge on any atom is -0.469 e. The van der Waals surface area contributed by atoms with E-state index in [9.17, 15) is 0 Å². The topological polar surface area (TPSA) is 25.2 Å². The average molecular weight is 285 g/mol. The van der Waals surface area contributed by atoms with Gasteiger partial charge in [-0.1, -0.05) is 39.0 Å². The molecule has 2 heteroatoms. The fourth-order valence-corrected chi connectivity index (χ4v) is 2.83. The van der Waals surface area contributed by atoms with E-state index in [4.69, 9.17) is 4.42 Å². The zero-order chi connectivity index (χ0) is 15.2. The van der Waals surface area contributed by atoms with E-state index in [1.807, 2.05) is 6.92 Å². The first kappa shape index (κ1) is 15.8. The highest BCUT2D eigenvalue weighted by molar-refractivity contribution is 5.41. The Hall–Kier alpha value is -1.54. The van der Waals surface area contributed by atoms with Crippen molar-refractivity contribution < 1.29 is 4.42 Å². The van der Waals surface area contributed by atoms with Gasteiger partial charge in [0.15, 0.2) is 0 Å². The largest absolute Gasteiger partial charge is 0.469 e. The molecule has 2 rings (SSSR count). The molecule has 0 saturated heterocycles. The molecule has 0 bridgehead atoms. The molecule has 0 aliphatic rings. The number of hydrogen-bond acceptors (Lipinski definition) is 2. The smallest absolute Gasteiger partial charge is 0.105 e. The molecule has 0 saturated carbocycles. The van der Waals surface area contributed by atoms with E-state index in [0.29, 0.717) is 0 Å². The van der Waals surface area contributed by atoms with Crippen molar-refractivity contribution in [1.82, 2.24) is 5.32 Å². The normalized spacial score (nSPS) is 12.6. The van der Waals surface area contributed by atoms with Crippen LogP contribution < -0.4 is 5.32 Å². The summed E-state index contributed by atoms with van der Waals surface area (Å²) < 4.78 is 5.54. The summed E-state index contributed by atoms with van der Waals surface area (Å²) in [5.41, 5.74) is 5.47. The molecule has 0 aliphatic carbocycles. The third-order valence-electron chi connectivity index (χ3n) is 4.12. The Morgan fingerprint density at radius 2 is 1.86 bits per heavy atom. The van der Waals surface area contributed by atoms with Gasteiger partial charge in [0.05, 0.1) is 12.3 Å². The SMILES string of the molecule is CCCNC(c1cc(CC)ccc1CC)c1ccoc1C. The first-order valence-electron chi connectivity index (χ1n) is 8.10. The predicted octanol–water partition coefficient (Wildman–Crippen LogP) is 4.80. The van der Waals surface area contributed by atoms with Gasteiger partial charge in [-0.15, -0.1) is 0 Å². The van der Waals surface area contributed by atoms with E-state index < -0.39 is 0 Å². The predicted molar refractivity (Wildman–Crippen MR) is 88.8 cm³/mol. The van der Waals surface area contributed by atoms with Crippen molar-refractivity contribution in [1.29, 1.82) is 0 Å². The number of furan rings is 1. The lowest BCUT2D eigenvalue weighted by Gasteiger charge is -2.22. The van der Waals surface area contributed by atoms with Crippen LogP contribution in [0.5, 0.6) is 0 Å². The fraction of sp³-hybridized carbons (Fsp3) is 0.474. The maximum Gasteiger partial charge on any atom is 0.105 e. The van der Waals surface area contributed by atoms with Gasteiger partial charge < -0.3 is 9.73 Å². The van der Waals surface area contributed by atoms with Crippen LogP contribution in [0.15, 0.2) is 34.9 Å². The number of nitrogens with one attached hydrogen (secondary N) is 1. The van der Waals surface area contributed by atoms with Gasteiger partial charge in [-0.05, 0) is 55.5 Å². The van der Waals surface area contributed by atoms with Crippen LogP contribution in [-0.4, -0.2) is 6.54 Å². The van der Waals surface area contributed by atoms with Crippen LogP contribution in [-0.2, 0) is 12.8 Å². The fourth-order valence-electron chi connectivity index (χ4n) is 2.83. The summed E-state index contributed by atoms with van der Waals surface area (Å²) in [5.74, 6) is 1.01. The number of hydrogen-bond donors (Lipinski definition) is 1. The maximum absolute atomic E-state index is 5.54. The third-order valence-corrected chi connectivity index (χ3v) is 4.12. The van der Waals surface area contributed by atoms with E-state index in [2.05, 4.69) is 50.4 Å². The second kappa shape index (κ2) is 7.46. The third kappa shape index (κ3) is 3.56. The van der Waals surface area contributed by atoms with Gasteiger partial charge in [0.2, 0.25) is 0 Å². The Bertz CT molecular complexity index is 571. The van der Waals surface area contributed by atoms with Gasteiger partial charge >= 0.3 is 0 Å². The molecule has 0 aliphatic heterocycles. The highest BCUT2D eigenvalue weighted by Crippen LogP contribution is 2.29.